The van der Waals surface area contributed by atoms with E-state index < -0.39 is 4.92 Å². The molecular formula is C16H15N3O4. The fourth-order valence-corrected chi connectivity index (χ4v) is 1.92. The van der Waals surface area contributed by atoms with Gasteiger partial charge in [-0.25, -0.2) is 5.43 Å². The van der Waals surface area contributed by atoms with Gasteiger partial charge in [-0.1, -0.05) is 25.1 Å². The van der Waals surface area contributed by atoms with Gasteiger partial charge in [0.2, 0.25) is 0 Å². The topological polar surface area (TPSA) is 97.7 Å². The van der Waals surface area contributed by atoms with Crippen LogP contribution in [-0.4, -0.2) is 17.0 Å². The van der Waals surface area contributed by atoms with Crippen LogP contribution in [0.4, 0.5) is 5.88 Å². The summed E-state index contributed by atoms with van der Waals surface area (Å²) in [6, 6.07) is 10.0. The van der Waals surface area contributed by atoms with Crippen LogP contribution in [0.3, 0.4) is 0 Å². The van der Waals surface area contributed by atoms with Gasteiger partial charge in [-0.3, -0.25) is 14.9 Å². The smallest absolute Gasteiger partial charge is 0.401 e. The molecule has 1 aromatic carbocycles. The summed E-state index contributed by atoms with van der Waals surface area (Å²) in [6.07, 6.45) is 5.13. The monoisotopic (exact) mass is 313 g/mol. The highest BCUT2D eigenvalue weighted by atomic mass is 16.6. The van der Waals surface area contributed by atoms with Crippen LogP contribution in [0.2, 0.25) is 0 Å². The molecule has 23 heavy (non-hydrogen) atoms. The lowest BCUT2D eigenvalue weighted by Gasteiger charge is -2.04. The van der Waals surface area contributed by atoms with Crippen molar-refractivity contribution in [2.24, 2.45) is 5.10 Å². The number of amides is 1. The van der Waals surface area contributed by atoms with E-state index in [9.17, 15) is 14.9 Å². The van der Waals surface area contributed by atoms with E-state index in [1.807, 2.05) is 19.1 Å². The van der Waals surface area contributed by atoms with E-state index in [4.69, 9.17) is 4.42 Å². The van der Waals surface area contributed by atoms with E-state index in [1.54, 1.807) is 12.1 Å². The average molecular weight is 313 g/mol. The number of carbonyl (C=O) groups is 1. The maximum Gasteiger partial charge on any atom is 0.433 e. The molecule has 1 amide bonds. The Balaban J connectivity index is 1.92. The predicted octanol–water partition coefficient (Wildman–Crippen LogP) is 3.18. The Morgan fingerprint density at radius 2 is 2.13 bits per heavy atom. The van der Waals surface area contributed by atoms with Crippen molar-refractivity contribution in [2.45, 2.75) is 13.3 Å². The summed E-state index contributed by atoms with van der Waals surface area (Å²) in [5, 5.41) is 14.3. The number of hydrogen-bond acceptors (Lipinski definition) is 5. The molecule has 0 spiro atoms. The summed E-state index contributed by atoms with van der Waals surface area (Å²) in [5.74, 6) is -0.294. The zero-order valence-corrected chi connectivity index (χ0v) is 12.4. The first kappa shape index (κ1) is 16.2. The molecule has 1 aromatic heterocycles. The Hall–Kier alpha value is -3.22. The van der Waals surface area contributed by atoms with Gasteiger partial charge in [-0.05, 0) is 36.3 Å². The van der Waals surface area contributed by atoms with Crippen LogP contribution in [0, 0.1) is 10.1 Å². The minimum absolute atomic E-state index is 0.291. The second-order valence-corrected chi connectivity index (χ2v) is 4.52. The van der Waals surface area contributed by atoms with Gasteiger partial charge in [0.25, 0.3) is 5.91 Å². The summed E-state index contributed by atoms with van der Waals surface area (Å²) in [4.78, 5) is 21.8. The van der Waals surface area contributed by atoms with Gasteiger partial charge in [0.15, 0.2) is 0 Å². The molecule has 0 aliphatic rings. The molecule has 2 aromatic rings. The van der Waals surface area contributed by atoms with Gasteiger partial charge in [-0.15, -0.1) is 0 Å². The van der Waals surface area contributed by atoms with Crippen molar-refractivity contribution in [3.63, 3.8) is 0 Å². The molecule has 1 heterocycles. The van der Waals surface area contributed by atoms with Gasteiger partial charge in [0, 0.05) is 11.8 Å². The average Bonchev–Trinajstić information content (AvgIpc) is 3.03. The quantitative estimate of drug-likeness (QED) is 0.503. The van der Waals surface area contributed by atoms with Gasteiger partial charge < -0.3 is 4.42 Å². The van der Waals surface area contributed by atoms with E-state index >= 15 is 0 Å². The van der Waals surface area contributed by atoms with Crippen molar-refractivity contribution in [3.05, 3.63) is 69.5 Å². The third kappa shape index (κ3) is 4.37. The molecule has 0 aliphatic heterocycles. The molecule has 0 fully saturated rings. The van der Waals surface area contributed by atoms with E-state index in [2.05, 4.69) is 10.5 Å². The van der Waals surface area contributed by atoms with Crippen LogP contribution in [0.15, 0.2) is 52.0 Å². The molecule has 7 nitrogen and oxygen atoms in total. The molecule has 118 valence electrons. The first-order chi connectivity index (χ1) is 11.1. The third-order valence-corrected chi connectivity index (χ3v) is 3.02. The zero-order chi connectivity index (χ0) is 16.7. The van der Waals surface area contributed by atoms with Gasteiger partial charge in [0.05, 0.1) is 6.07 Å². The number of aryl methyl sites for hydroxylation is 1. The normalized spacial score (nSPS) is 11.2. The van der Waals surface area contributed by atoms with Crippen LogP contribution in [0.1, 0.15) is 28.6 Å². The molecule has 0 radical (unpaired) electrons. The number of furan rings is 1. The fraction of sp³-hybridized carbons (Fsp3) is 0.125. The Kier molecular flexibility index (Phi) is 5.40. The first-order valence-corrected chi connectivity index (χ1v) is 6.94. The van der Waals surface area contributed by atoms with Crippen LogP contribution < -0.4 is 5.43 Å². The number of nitro groups is 1. The highest BCUT2D eigenvalue weighted by Crippen LogP contribution is 2.16. The summed E-state index contributed by atoms with van der Waals surface area (Å²) in [7, 11) is 0. The number of allylic oxidation sites excluding steroid dienone is 1. The van der Waals surface area contributed by atoms with Gasteiger partial charge in [0.1, 0.15) is 10.7 Å². The summed E-state index contributed by atoms with van der Waals surface area (Å²) in [6.45, 7) is 1.97. The maximum absolute atomic E-state index is 12.0. The number of nitrogens with zero attached hydrogens (tertiary/aromatic N) is 2. The van der Waals surface area contributed by atoms with Crippen molar-refractivity contribution >= 4 is 24.1 Å². The molecule has 0 atom stereocenters. The highest BCUT2D eigenvalue weighted by Gasteiger charge is 2.09. The molecule has 0 unspecified atom stereocenters. The van der Waals surface area contributed by atoms with Crippen LogP contribution >= 0.6 is 0 Å². The Bertz CT molecular complexity index is 762. The summed E-state index contributed by atoms with van der Waals surface area (Å²) in [5.41, 5.74) is 3.95. The molecule has 0 saturated heterocycles. The molecular weight excluding hydrogens is 298 g/mol. The SMILES string of the molecule is CCc1ccccc1C(=O)N/N=C/C=C/c1ccc([N+](=O)[O-])o1. The number of rotatable bonds is 6. The molecule has 2 rings (SSSR count). The fourth-order valence-electron chi connectivity index (χ4n) is 1.92. The van der Waals surface area contributed by atoms with Crippen LogP contribution in [0.5, 0.6) is 0 Å². The Morgan fingerprint density at radius 1 is 1.35 bits per heavy atom. The second-order valence-electron chi connectivity index (χ2n) is 4.52. The van der Waals surface area contributed by atoms with Crippen molar-refractivity contribution < 1.29 is 14.1 Å². The number of hydrazone groups is 1. The minimum atomic E-state index is -0.614. The first-order valence-electron chi connectivity index (χ1n) is 6.94. The van der Waals surface area contributed by atoms with E-state index in [0.717, 1.165) is 12.0 Å². The summed E-state index contributed by atoms with van der Waals surface area (Å²) < 4.78 is 4.94. The number of hydrogen-bond donors (Lipinski definition) is 1. The second kappa shape index (κ2) is 7.69. The van der Waals surface area contributed by atoms with Gasteiger partial charge in [-0.2, -0.15) is 5.10 Å². The maximum atomic E-state index is 12.0. The van der Waals surface area contributed by atoms with Gasteiger partial charge >= 0.3 is 5.88 Å². The molecule has 0 bridgehead atoms. The zero-order valence-electron chi connectivity index (χ0n) is 12.4. The Labute approximate surface area is 132 Å². The highest BCUT2D eigenvalue weighted by molar-refractivity contribution is 5.96. The predicted molar refractivity (Wildman–Crippen MR) is 86.2 cm³/mol. The molecule has 0 saturated carbocycles. The number of nitrogens with one attached hydrogen (secondary N) is 1. The van der Waals surface area contributed by atoms with Crippen molar-refractivity contribution in [1.82, 2.24) is 5.43 Å². The van der Waals surface area contributed by atoms with Crippen molar-refractivity contribution in [1.29, 1.82) is 0 Å². The minimum Gasteiger partial charge on any atom is -0.401 e. The van der Waals surface area contributed by atoms with Crippen molar-refractivity contribution in [2.75, 3.05) is 0 Å². The van der Waals surface area contributed by atoms with E-state index in [-0.39, 0.29) is 11.8 Å². The molecule has 1 N–H and O–H groups in total. The lowest BCUT2D eigenvalue weighted by molar-refractivity contribution is -0.402. The lowest BCUT2D eigenvalue weighted by Crippen LogP contribution is -2.18. The van der Waals surface area contributed by atoms with Crippen LogP contribution in [-0.2, 0) is 6.42 Å². The van der Waals surface area contributed by atoms with Crippen LogP contribution in [0.25, 0.3) is 6.08 Å². The molecule has 7 heteroatoms. The number of benzene rings is 1. The number of carbonyl (C=O) groups excluding carboxylic acids is 1. The third-order valence-electron chi connectivity index (χ3n) is 3.02. The largest absolute Gasteiger partial charge is 0.433 e. The van der Waals surface area contributed by atoms with E-state index in [0.29, 0.717) is 11.3 Å². The molecule has 0 aliphatic carbocycles. The van der Waals surface area contributed by atoms with E-state index in [1.165, 1.54) is 30.5 Å². The Morgan fingerprint density at radius 3 is 2.83 bits per heavy atom. The summed E-state index contributed by atoms with van der Waals surface area (Å²) >= 11 is 0. The standard InChI is InChI=1S/C16H15N3O4/c1-2-12-6-3-4-8-14(12)16(20)18-17-11-5-7-13-9-10-15(23-13)19(21)22/h3-11H,2H2,1H3,(H,18,20)/b7-5+,17-11+. The lowest BCUT2D eigenvalue weighted by atomic mass is 10.1. The van der Waals surface area contributed by atoms with Crippen molar-refractivity contribution in [3.8, 4) is 0 Å².